The van der Waals surface area contributed by atoms with Gasteiger partial charge in [-0.3, -0.25) is 5.43 Å². The van der Waals surface area contributed by atoms with Gasteiger partial charge in [-0.1, -0.05) is 29.8 Å². The van der Waals surface area contributed by atoms with Crippen LogP contribution in [0.2, 0.25) is 5.02 Å². The molecular formula is C12H14ClN5O2S. The Kier molecular flexibility index (Phi) is 4.73. The maximum atomic E-state index is 12.4. The summed E-state index contributed by atoms with van der Waals surface area (Å²) >= 11 is 6.04. The molecule has 3 N–H and O–H groups in total. The zero-order valence-electron chi connectivity index (χ0n) is 11.2. The zero-order valence-corrected chi connectivity index (χ0v) is 12.8. The molecule has 112 valence electrons. The van der Waals surface area contributed by atoms with Gasteiger partial charge in [0.1, 0.15) is 4.90 Å². The zero-order chi connectivity index (χ0) is 15.5. The van der Waals surface area contributed by atoms with Crippen LogP contribution in [0.25, 0.3) is 0 Å². The number of hydrogen-bond donors (Lipinski definition) is 2. The lowest BCUT2D eigenvalue weighted by atomic mass is 10.2. The Morgan fingerprint density at radius 1 is 1.29 bits per heavy atom. The van der Waals surface area contributed by atoms with Gasteiger partial charge in [-0.15, -0.1) is 0 Å². The van der Waals surface area contributed by atoms with Gasteiger partial charge in [-0.25, -0.2) is 24.2 Å². The summed E-state index contributed by atoms with van der Waals surface area (Å²) in [5.74, 6) is 5.28. The highest BCUT2D eigenvalue weighted by molar-refractivity contribution is 7.89. The molecule has 0 spiro atoms. The van der Waals surface area contributed by atoms with Gasteiger partial charge in [0.25, 0.3) is 0 Å². The first kappa shape index (κ1) is 15.6. The van der Waals surface area contributed by atoms with Gasteiger partial charge in [-0.2, -0.15) is 4.31 Å². The molecule has 7 nitrogen and oxygen atoms in total. The molecule has 0 aliphatic carbocycles. The summed E-state index contributed by atoms with van der Waals surface area (Å²) in [6.45, 7) is 0.152. The van der Waals surface area contributed by atoms with Crippen LogP contribution in [0.4, 0.5) is 5.95 Å². The number of benzene rings is 1. The first-order valence-electron chi connectivity index (χ1n) is 5.93. The highest BCUT2D eigenvalue weighted by Gasteiger charge is 2.22. The largest absolute Gasteiger partial charge is 0.292 e. The smallest absolute Gasteiger partial charge is 0.246 e. The standard InChI is InChI=1S/C12H14ClN5O2S/c1-18(8-9-4-2-3-5-11(9)13)21(19,20)10-6-15-12(17-14)16-7-10/h2-7H,8,14H2,1H3,(H,15,16,17). The van der Waals surface area contributed by atoms with Crippen LogP contribution in [0, 0.1) is 0 Å². The Bertz CT molecular complexity index is 721. The van der Waals surface area contributed by atoms with Crippen molar-refractivity contribution in [2.24, 2.45) is 5.84 Å². The van der Waals surface area contributed by atoms with E-state index in [9.17, 15) is 8.42 Å². The minimum absolute atomic E-state index is 0.0175. The summed E-state index contributed by atoms with van der Waals surface area (Å²) in [4.78, 5) is 7.57. The Labute approximate surface area is 127 Å². The van der Waals surface area contributed by atoms with Crippen LogP contribution in [0.5, 0.6) is 0 Å². The maximum absolute atomic E-state index is 12.4. The van der Waals surface area contributed by atoms with E-state index in [0.29, 0.717) is 10.6 Å². The number of nitrogens with two attached hydrogens (primary N) is 1. The molecule has 21 heavy (non-hydrogen) atoms. The number of nitrogens with zero attached hydrogens (tertiary/aromatic N) is 3. The average Bonchev–Trinajstić information content (AvgIpc) is 2.49. The summed E-state index contributed by atoms with van der Waals surface area (Å²) in [7, 11) is -2.23. The van der Waals surface area contributed by atoms with Crippen LogP contribution in [-0.2, 0) is 16.6 Å². The second-order valence-electron chi connectivity index (χ2n) is 4.24. The normalized spacial score (nSPS) is 11.6. The molecule has 2 aromatic rings. The molecule has 0 saturated heterocycles. The lowest BCUT2D eigenvalue weighted by Gasteiger charge is -2.17. The fourth-order valence-electron chi connectivity index (χ4n) is 1.66. The number of sulfonamides is 1. The Hall–Kier alpha value is -1.74. The van der Waals surface area contributed by atoms with Crippen molar-refractivity contribution in [2.45, 2.75) is 11.4 Å². The van der Waals surface area contributed by atoms with Gasteiger partial charge >= 0.3 is 0 Å². The van der Waals surface area contributed by atoms with E-state index in [-0.39, 0.29) is 17.4 Å². The molecule has 1 heterocycles. The number of nitrogens with one attached hydrogen (secondary N) is 1. The van der Waals surface area contributed by atoms with Crippen molar-refractivity contribution in [3.8, 4) is 0 Å². The molecule has 1 aromatic heterocycles. The number of nitrogen functional groups attached to an aromatic ring is 1. The third-order valence-electron chi connectivity index (χ3n) is 2.82. The van der Waals surface area contributed by atoms with E-state index in [2.05, 4.69) is 15.4 Å². The van der Waals surface area contributed by atoms with Crippen LogP contribution in [0.3, 0.4) is 0 Å². The van der Waals surface area contributed by atoms with Gasteiger partial charge in [-0.05, 0) is 11.6 Å². The fraction of sp³-hybridized carbons (Fsp3) is 0.167. The Balaban J connectivity index is 2.24. The summed E-state index contributed by atoms with van der Waals surface area (Å²) in [5, 5.41) is 0.512. The number of rotatable bonds is 5. The molecular weight excluding hydrogens is 314 g/mol. The highest BCUT2D eigenvalue weighted by atomic mass is 35.5. The molecule has 1 aromatic carbocycles. The Morgan fingerprint density at radius 2 is 1.90 bits per heavy atom. The second kappa shape index (κ2) is 6.35. The van der Waals surface area contributed by atoms with Crippen LogP contribution in [0.15, 0.2) is 41.6 Å². The van der Waals surface area contributed by atoms with E-state index >= 15 is 0 Å². The quantitative estimate of drug-likeness (QED) is 0.633. The van der Waals surface area contributed by atoms with Crippen molar-refractivity contribution in [3.63, 3.8) is 0 Å². The van der Waals surface area contributed by atoms with Crippen LogP contribution >= 0.6 is 11.6 Å². The van der Waals surface area contributed by atoms with Crippen LogP contribution < -0.4 is 11.3 Å². The van der Waals surface area contributed by atoms with E-state index in [1.165, 1.54) is 23.7 Å². The SMILES string of the molecule is CN(Cc1ccccc1Cl)S(=O)(=O)c1cnc(NN)nc1. The topological polar surface area (TPSA) is 101 Å². The molecule has 0 bridgehead atoms. The van der Waals surface area contributed by atoms with E-state index in [0.717, 1.165) is 0 Å². The summed E-state index contributed by atoms with van der Waals surface area (Å²) in [6, 6.07) is 7.06. The second-order valence-corrected chi connectivity index (χ2v) is 6.69. The molecule has 9 heteroatoms. The van der Waals surface area contributed by atoms with Crippen molar-refractivity contribution in [2.75, 3.05) is 12.5 Å². The van der Waals surface area contributed by atoms with Crippen LogP contribution in [0.1, 0.15) is 5.56 Å². The van der Waals surface area contributed by atoms with Crippen molar-refractivity contribution in [1.29, 1.82) is 0 Å². The van der Waals surface area contributed by atoms with Gasteiger partial charge in [0, 0.05) is 18.6 Å². The number of anilines is 1. The minimum Gasteiger partial charge on any atom is -0.292 e. The third-order valence-corrected chi connectivity index (χ3v) is 4.94. The lowest BCUT2D eigenvalue weighted by molar-refractivity contribution is 0.466. The molecule has 0 atom stereocenters. The fourth-order valence-corrected chi connectivity index (χ4v) is 2.89. The molecule has 0 aliphatic rings. The molecule has 2 rings (SSSR count). The maximum Gasteiger partial charge on any atom is 0.246 e. The van der Waals surface area contributed by atoms with Crippen LogP contribution in [-0.4, -0.2) is 29.7 Å². The van der Waals surface area contributed by atoms with Gasteiger partial charge in [0.05, 0.1) is 12.4 Å². The highest BCUT2D eigenvalue weighted by Crippen LogP contribution is 2.20. The van der Waals surface area contributed by atoms with E-state index < -0.39 is 10.0 Å². The molecule has 0 fully saturated rings. The minimum atomic E-state index is -3.70. The van der Waals surface area contributed by atoms with Crippen molar-refractivity contribution >= 4 is 27.6 Å². The molecule has 0 amide bonds. The summed E-state index contributed by atoms with van der Waals surface area (Å²) < 4.78 is 26.0. The monoisotopic (exact) mass is 327 g/mol. The number of hydrogen-bond acceptors (Lipinski definition) is 6. The molecule has 0 unspecified atom stereocenters. The number of aromatic nitrogens is 2. The summed E-state index contributed by atoms with van der Waals surface area (Å²) in [6.07, 6.45) is 2.39. The average molecular weight is 328 g/mol. The van der Waals surface area contributed by atoms with Gasteiger partial charge in [0.2, 0.25) is 16.0 Å². The number of hydrazine groups is 1. The van der Waals surface area contributed by atoms with E-state index in [1.54, 1.807) is 24.3 Å². The van der Waals surface area contributed by atoms with E-state index in [4.69, 9.17) is 17.4 Å². The van der Waals surface area contributed by atoms with Crippen molar-refractivity contribution in [3.05, 3.63) is 47.2 Å². The van der Waals surface area contributed by atoms with E-state index in [1.807, 2.05) is 0 Å². The van der Waals surface area contributed by atoms with Gasteiger partial charge < -0.3 is 0 Å². The lowest BCUT2D eigenvalue weighted by Crippen LogP contribution is -2.27. The van der Waals surface area contributed by atoms with Crippen molar-refractivity contribution < 1.29 is 8.42 Å². The molecule has 0 saturated carbocycles. The predicted octanol–water partition coefficient (Wildman–Crippen LogP) is 1.24. The third kappa shape index (κ3) is 3.48. The first-order valence-corrected chi connectivity index (χ1v) is 7.75. The summed E-state index contributed by atoms with van der Waals surface area (Å²) in [5.41, 5.74) is 2.95. The predicted molar refractivity (Wildman–Crippen MR) is 79.9 cm³/mol. The Morgan fingerprint density at radius 3 is 2.48 bits per heavy atom. The molecule has 0 radical (unpaired) electrons. The van der Waals surface area contributed by atoms with Gasteiger partial charge in [0.15, 0.2) is 0 Å². The van der Waals surface area contributed by atoms with Crippen molar-refractivity contribution in [1.82, 2.24) is 14.3 Å². The molecule has 0 aliphatic heterocycles. The number of halogens is 1. The first-order chi connectivity index (χ1) is 9.95.